The molecule has 26 heavy (non-hydrogen) atoms. The fourth-order valence-electron chi connectivity index (χ4n) is 3.70. The summed E-state index contributed by atoms with van der Waals surface area (Å²) in [6.07, 6.45) is 6.26. The monoisotopic (exact) mass is 344 g/mol. The van der Waals surface area contributed by atoms with Crippen molar-refractivity contribution in [3.63, 3.8) is 0 Å². The molecule has 1 heterocycles. The minimum Gasteiger partial charge on any atom is -0.343 e. The molecule has 0 bridgehead atoms. The van der Waals surface area contributed by atoms with E-state index in [1.807, 2.05) is 18.2 Å². The minimum atomic E-state index is 0.222. The fraction of sp³-hybridized carbons (Fsp3) is 0.364. The first-order valence-corrected chi connectivity index (χ1v) is 9.12. The molecule has 1 aromatic rings. The van der Waals surface area contributed by atoms with Gasteiger partial charge in [-0.05, 0) is 57.0 Å². The molecular formula is C22H24N4. The van der Waals surface area contributed by atoms with Crippen LogP contribution in [0.5, 0.6) is 0 Å². The van der Waals surface area contributed by atoms with Crippen LogP contribution in [0.4, 0.5) is 0 Å². The van der Waals surface area contributed by atoms with Crippen molar-refractivity contribution < 1.29 is 0 Å². The molecule has 0 aromatic heterocycles. The van der Waals surface area contributed by atoms with Gasteiger partial charge in [0.1, 0.15) is 17.7 Å². The Morgan fingerprint density at radius 3 is 2.42 bits per heavy atom. The average molecular weight is 344 g/mol. The number of nitrogens with zero attached hydrogens (tertiary/aromatic N) is 4. The summed E-state index contributed by atoms with van der Waals surface area (Å²) in [6.45, 7) is 1.84. The van der Waals surface area contributed by atoms with E-state index in [-0.39, 0.29) is 5.57 Å². The maximum absolute atomic E-state index is 9.46. The first-order valence-electron chi connectivity index (χ1n) is 9.12. The molecule has 0 spiro atoms. The molecular weight excluding hydrogens is 320 g/mol. The molecule has 1 aliphatic heterocycles. The van der Waals surface area contributed by atoms with Gasteiger partial charge >= 0.3 is 0 Å². The Hall–Kier alpha value is -2.82. The van der Waals surface area contributed by atoms with E-state index in [4.69, 9.17) is 0 Å². The zero-order chi connectivity index (χ0) is 18.5. The highest BCUT2D eigenvalue weighted by Crippen LogP contribution is 2.42. The van der Waals surface area contributed by atoms with Gasteiger partial charge in [0.15, 0.2) is 0 Å². The second-order valence-electron chi connectivity index (χ2n) is 7.00. The van der Waals surface area contributed by atoms with E-state index in [1.54, 1.807) is 0 Å². The van der Waals surface area contributed by atoms with E-state index in [1.165, 1.54) is 11.3 Å². The van der Waals surface area contributed by atoms with Gasteiger partial charge in [-0.15, -0.1) is 0 Å². The summed E-state index contributed by atoms with van der Waals surface area (Å²) >= 11 is 0. The van der Waals surface area contributed by atoms with Gasteiger partial charge in [0, 0.05) is 30.1 Å². The summed E-state index contributed by atoms with van der Waals surface area (Å²) in [5.74, 6) is 0. The van der Waals surface area contributed by atoms with Crippen molar-refractivity contribution in [2.75, 3.05) is 27.2 Å². The summed E-state index contributed by atoms with van der Waals surface area (Å²) < 4.78 is 0. The molecule has 132 valence electrons. The third-order valence-electron chi connectivity index (χ3n) is 4.99. The Morgan fingerprint density at radius 2 is 1.77 bits per heavy atom. The Bertz CT molecular complexity index is 828. The van der Waals surface area contributed by atoms with Gasteiger partial charge < -0.3 is 9.80 Å². The predicted molar refractivity (Wildman–Crippen MR) is 103 cm³/mol. The lowest BCUT2D eigenvalue weighted by Gasteiger charge is -2.39. The smallest absolute Gasteiger partial charge is 0.137 e. The maximum Gasteiger partial charge on any atom is 0.137 e. The van der Waals surface area contributed by atoms with Gasteiger partial charge in [-0.2, -0.15) is 10.5 Å². The van der Waals surface area contributed by atoms with E-state index in [9.17, 15) is 10.5 Å². The van der Waals surface area contributed by atoms with Crippen LogP contribution in [0.15, 0.2) is 58.8 Å². The van der Waals surface area contributed by atoms with E-state index in [2.05, 4.69) is 54.2 Å². The Balaban J connectivity index is 2.16. The zero-order valence-corrected chi connectivity index (χ0v) is 15.5. The molecule has 1 aliphatic carbocycles. The predicted octanol–water partition coefficient (Wildman–Crippen LogP) is 4.08. The van der Waals surface area contributed by atoms with Crippen LogP contribution in [-0.4, -0.2) is 37.0 Å². The van der Waals surface area contributed by atoms with E-state index < -0.39 is 0 Å². The fourth-order valence-corrected chi connectivity index (χ4v) is 3.70. The molecule has 0 amide bonds. The van der Waals surface area contributed by atoms with Crippen molar-refractivity contribution in [1.82, 2.24) is 9.80 Å². The quantitative estimate of drug-likeness (QED) is 0.773. The number of rotatable bonds is 4. The molecule has 4 nitrogen and oxygen atoms in total. The van der Waals surface area contributed by atoms with Crippen LogP contribution in [-0.2, 0) is 0 Å². The van der Waals surface area contributed by atoms with Crippen LogP contribution >= 0.6 is 0 Å². The molecule has 2 aliphatic rings. The van der Waals surface area contributed by atoms with Crippen molar-refractivity contribution in [3.8, 4) is 12.1 Å². The highest BCUT2D eigenvalue weighted by molar-refractivity contribution is 5.75. The van der Waals surface area contributed by atoms with Crippen molar-refractivity contribution in [2.24, 2.45) is 0 Å². The number of hydrogen-bond donors (Lipinski definition) is 0. The van der Waals surface area contributed by atoms with Gasteiger partial charge in [0.05, 0.1) is 0 Å². The normalized spacial score (nSPS) is 16.7. The Labute approximate surface area is 155 Å². The SMILES string of the molecule is CN(C)CCN1C(c2ccccc2)=CC(=C(C#N)C#N)C2=C1CCCC2. The molecule has 0 unspecified atom stereocenters. The number of allylic oxidation sites excluding steroid dienone is 5. The zero-order valence-electron chi connectivity index (χ0n) is 15.5. The van der Waals surface area contributed by atoms with Crippen LogP contribution in [0.3, 0.4) is 0 Å². The van der Waals surface area contributed by atoms with Crippen molar-refractivity contribution in [1.29, 1.82) is 10.5 Å². The highest BCUT2D eigenvalue weighted by atomic mass is 15.2. The third kappa shape index (κ3) is 3.57. The van der Waals surface area contributed by atoms with E-state index in [0.717, 1.165) is 55.6 Å². The lowest BCUT2D eigenvalue weighted by atomic mass is 9.84. The van der Waals surface area contributed by atoms with Gasteiger partial charge in [-0.3, -0.25) is 0 Å². The molecule has 1 aromatic carbocycles. The van der Waals surface area contributed by atoms with Crippen molar-refractivity contribution >= 4 is 5.70 Å². The van der Waals surface area contributed by atoms with Crippen LogP contribution in [0.2, 0.25) is 0 Å². The molecule has 0 saturated carbocycles. The second-order valence-corrected chi connectivity index (χ2v) is 7.00. The highest BCUT2D eigenvalue weighted by Gasteiger charge is 2.29. The summed E-state index contributed by atoms with van der Waals surface area (Å²) in [4.78, 5) is 4.59. The Kier molecular flexibility index (Phi) is 5.56. The number of likely N-dealkylation sites (N-methyl/N-ethyl adjacent to an activating group) is 1. The van der Waals surface area contributed by atoms with Crippen molar-refractivity contribution in [2.45, 2.75) is 25.7 Å². The molecule has 0 N–H and O–H groups in total. The molecule has 0 fully saturated rings. The summed E-state index contributed by atoms with van der Waals surface area (Å²) in [7, 11) is 4.17. The number of nitriles is 2. The van der Waals surface area contributed by atoms with Crippen LogP contribution in [0.1, 0.15) is 31.2 Å². The topological polar surface area (TPSA) is 54.1 Å². The summed E-state index contributed by atoms with van der Waals surface area (Å²) in [6, 6.07) is 14.5. The molecule has 3 rings (SSSR count). The maximum atomic E-state index is 9.46. The second kappa shape index (κ2) is 8.04. The first-order chi connectivity index (χ1) is 12.7. The Morgan fingerprint density at radius 1 is 1.08 bits per heavy atom. The number of benzene rings is 1. The van der Waals surface area contributed by atoms with E-state index in [0.29, 0.717) is 0 Å². The largest absolute Gasteiger partial charge is 0.343 e. The van der Waals surface area contributed by atoms with Crippen LogP contribution < -0.4 is 0 Å². The van der Waals surface area contributed by atoms with Gasteiger partial charge in [-0.1, -0.05) is 30.3 Å². The first kappa shape index (κ1) is 18.0. The molecule has 0 radical (unpaired) electrons. The minimum absolute atomic E-state index is 0.222. The van der Waals surface area contributed by atoms with E-state index >= 15 is 0 Å². The van der Waals surface area contributed by atoms with Gasteiger partial charge in [0.25, 0.3) is 0 Å². The standard InChI is InChI=1S/C22H24N4/c1-25(2)12-13-26-21-11-7-6-10-19(21)20(18(15-23)16-24)14-22(26)17-8-4-3-5-9-17/h3-5,8-9,14H,6-7,10-13H2,1-2H3. The summed E-state index contributed by atoms with van der Waals surface area (Å²) in [5, 5.41) is 18.9. The van der Waals surface area contributed by atoms with Crippen LogP contribution in [0, 0.1) is 22.7 Å². The lowest BCUT2D eigenvalue weighted by Crippen LogP contribution is -2.33. The van der Waals surface area contributed by atoms with Crippen LogP contribution in [0.25, 0.3) is 5.70 Å². The molecule has 0 atom stereocenters. The molecule has 4 heteroatoms. The van der Waals surface area contributed by atoms with Crippen molar-refractivity contribution in [3.05, 3.63) is 64.4 Å². The average Bonchev–Trinajstić information content (AvgIpc) is 2.68. The molecule has 0 saturated heterocycles. The van der Waals surface area contributed by atoms with Gasteiger partial charge in [-0.25, -0.2) is 0 Å². The lowest BCUT2D eigenvalue weighted by molar-refractivity contribution is 0.339. The third-order valence-corrected chi connectivity index (χ3v) is 4.99. The summed E-state index contributed by atoms with van der Waals surface area (Å²) in [5.41, 5.74) is 5.73. The van der Waals surface area contributed by atoms with Gasteiger partial charge in [0.2, 0.25) is 0 Å². The number of hydrogen-bond acceptors (Lipinski definition) is 4.